The molecule has 0 amide bonds. The molecule has 128 valence electrons. The van der Waals surface area contributed by atoms with Gasteiger partial charge in [-0.1, -0.05) is 47.2 Å². The maximum Gasteiger partial charge on any atom is 0.365 e. The second-order valence-corrected chi connectivity index (χ2v) is 6.63. The lowest BCUT2D eigenvalue weighted by Crippen LogP contribution is -2.19. The quantitative estimate of drug-likeness (QED) is 0.522. The molecule has 2 aromatic carbocycles. The molecule has 1 aliphatic heterocycles. The van der Waals surface area contributed by atoms with E-state index in [0.29, 0.717) is 11.4 Å². The number of nitrogens with zero attached hydrogens (tertiary/aromatic N) is 1. The maximum atomic E-state index is 12.2. The SMILES string of the molecule is O=C(ON=C1Nc2ccccc2SC1=Cc1ccc[nH]1)c1ccccc1. The van der Waals surface area contributed by atoms with Gasteiger partial charge >= 0.3 is 5.97 Å². The van der Waals surface area contributed by atoms with E-state index in [0.717, 1.165) is 21.2 Å². The summed E-state index contributed by atoms with van der Waals surface area (Å²) in [6.07, 6.45) is 3.82. The number of thioether (sulfide) groups is 1. The number of oxime groups is 1. The summed E-state index contributed by atoms with van der Waals surface area (Å²) < 4.78 is 0. The molecule has 0 atom stereocenters. The minimum atomic E-state index is -0.497. The van der Waals surface area contributed by atoms with Gasteiger partial charge in [0.25, 0.3) is 0 Å². The number of nitrogens with one attached hydrogen (secondary N) is 2. The van der Waals surface area contributed by atoms with E-state index in [9.17, 15) is 4.79 Å². The lowest BCUT2D eigenvalue weighted by atomic mass is 10.2. The van der Waals surface area contributed by atoms with E-state index in [4.69, 9.17) is 4.84 Å². The summed E-state index contributed by atoms with van der Waals surface area (Å²) in [7, 11) is 0. The van der Waals surface area contributed by atoms with E-state index in [-0.39, 0.29) is 0 Å². The molecular weight excluding hydrogens is 346 g/mol. The number of aromatic nitrogens is 1. The van der Waals surface area contributed by atoms with Crippen LogP contribution in [0.3, 0.4) is 0 Å². The number of amidine groups is 1. The second-order valence-electron chi connectivity index (χ2n) is 5.54. The van der Waals surface area contributed by atoms with Crippen LogP contribution in [0.5, 0.6) is 0 Å². The largest absolute Gasteiger partial charge is 0.365 e. The third kappa shape index (κ3) is 3.55. The van der Waals surface area contributed by atoms with Gasteiger partial charge in [-0.05, 0) is 42.5 Å². The monoisotopic (exact) mass is 361 g/mol. The molecule has 0 unspecified atom stereocenters. The number of hydrogen-bond donors (Lipinski definition) is 2. The summed E-state index contributed by atoms with van der Waals surface area (Å²) in [4.78, 5) is 22.4. The second kappa shape index (κ2) is 7.33. The topological polar surface area (TPSA) is 66.5 Å². The number of anilines is 1. The number of fused-ring (bicyclic) bond motifs is 1. The lowest BCUT2D eigenvalue weighted by molar-refractivity contribution is 0.0517. The summed E-state index contributed by atoms with van der Waals surface area (Å²) >= 11 is 1.57. The van der Waals surface area contributed by atoms with Crippen molar-refractivity contribution in [2.24, 2.45) is 5.16 Å². The molecular formula is C20H15N3O2S. The van der Waals surface area contributed by atoms with Gasteiger partial charge in [0.2, 0.25) is 0 Å². The smallest absolute Gasteiger partial charge is 0.362 e. The molecule has 2 N–H and O–H groups in total. The normalized spacial score (nSPS) is 16.2. The molecule has 1 aliphatic rings. The number of rotatable bonds is 3. The standard InChI is InChI=1S/C20H15N3O2S/c24-20(14-7-2-1-3-8-14)25-23-19-18(13-15-9-6-12-21-15)26-17-11-5-4-10-16(17)22-19/h1-13,21H,(H,22,23). The molecule has 3 aromatic rings. The molecule has 1 aromatic heterocycles. The summed E-state index contributed by atoms with van der Waals surface area (Å²) in [5, 5.41) is 7.31. The first-order valence-electron chi connectivity index (χ1n) is 8.03. The van der Waals surface area contributed by atoms with Crippen molar-refractivity contribution >= 4 is 35.3 Å². The van der Waals surface area contributed by atoms with E-state index >= 15 is 0 Å². The first-order valence-corrected chi connectivity index (χ1v) is 8.85. The third-order valence-corrected chi connectivity index (χ3v) is 4.84. The van der Waals surface area contributed by atoms with Crippen LogP contribution < -0.4 is 5.32 Å². The maximum absolute atomic E-state index is 12.2. The average Bonchev–Trinajstić information content (AvgIpc) is 3.20. The predicted octanol–water partition coefficient (Wildman–Crippen LogP) is 4.74. The van der Waals surface area contributed by atoms with Crippen LogP contribution in [0.15, 0.2) is 87.9 Å². The highest BCUT2D eigenvalue weighted by Gasteiger charge is 2.20. The van der Waals surface area contributed by atoms with Gasteiger partial charge in [-0.3, -0.25) is 0 Å². The van der Waals surface area contributed by atoms with Crippen LogP contribution in [0.25, 0.3) is 6.08 Å². The van der Waals surface area contributed by atoms with E-state index in [1.165, 1.54) is 0 Å². The van der Waals surface area contributed by atoms with Crippen LogP contribution in [0.2, 0.25) is 0 Å². The Morgan fingerprint density at radius 3 is 2.62 bits per heavy atom. The van der Waals surface area contributed by atoms with E-state index in [1.54, 1.807) is 36.0 Å². The van der Waals surface area contributed by atoms with Crippen molar-refractivity contribution in [1.29, 1.82) is 0 Å². The number of carbonyl (C=O) groups excluding carboxylic acids is 1. The zero-order valence-electron chi connectivity index (χ0n) is 13.7. The van der Waals surface area contributed by atoms with Gasteiger partial charge in [-0.15, -0.1) is 0 Å². The van der Waals surface area contributed by atoms with Gasteiger partial charge in [0.15, 0.2) is 5.84 Å². The molecule has 4 rings (SSSR count). The minimum absolute atomic E-state index is 0.454. The molecule has 0 bridgehead atoms. The van der Waals surface area contributed by atoms with Crippen molar-refractivity contribution in [2.45, 2.75) is 4.90 Å². The summed E-state index contributed by atoms with van der Waals surface area (Å²) in [6, 6.07) is 20.6. The highest BCUT2D eigenvalue weighted by atomic mass is 32.2. The molecule has 5 nitrogen and oxygen atoms in total. The van der Waals surface area contributed by atoms with Gasteiger partial charge in [-0.25, -0.2) is 4.79 Å². The molecule has 26 heavy (non-hydrogen) atoms. The van der Waals surface area contributed by atoms with Gasteiger partial charge in [-0.2, -0.15) is 0 Å². The highest BCUT2D eigenvalue weighted by molar-refractivity contribution is 8.04. The number of benzene rings is 2. The zero-order chi connectivity index (χ0) is 17.8. The number of carbonyl (C=O) groups is 1. The van der Waals surface area contributed by atoms with Gasteiger partial charge in [0.05, 0.1) is 16.2 Å². The molecule has 0 saturated carbocycles. The first kappa shape index (κ1) is 16.2. The number of H-pyrrole nitrogens is 1. The Morgan fingerprint density at radius 1 is 1.00 bits per heavy atom. The van der Waals surface area contributed by atoms with Gasteiger partial charge in [0, 0.05) is 16.8 Å². The van der Waals surface area contributed by atoms with Crippen LogP contribution >= 0.6 is 11.8 Å². The molecule has 2 heterocycles. The summed E-state index contributed by atoms with van der Waals surface area (Å²) in [6.45, 7) is 0. The van der Waals surface area contributed by atoms with Crippen LogP contribution in [0.4, 0.5) is 5.69 Å². The van der Waals surface area contributed by atoms with Crippen LogP contribution in [0, 0.1) is 0 Å². The van der Waals surface area contributed by atoms with Crippen molar-refractivity contribution in [3.63, 3.8) is 0 Å². The fourth-order valence-electron chi connectivity index (χ4n) is 2.47. The van der Waals surface area contributed by atoms with Crippen molar-refractivity contribution < 1.29 is 9.63 Å². The van der Waals surface area contributed by atoms with Crippen LogP contribution in [-0.2, 0) is 4.84 Å². The number of para-hydroxylation sites is 1. The molecule has 6 heteroatoms. The first-order chi connectivity index (χ1) is 12.8. The highest BCUT2D eigenvalue weighted by Crippen LogP contribution is 2.39. The fourth-order valence-corrected chi connectivity index (χ4v) is 3.45. The number of aromatic amines is 1. The van der Waals surface area contributed by atoms with Crippen LogP contribution in [0.1, 0.15) is 16.1 Å². The van der Waals surface area contributed by atoms with Crippen molar-refractivity contribution in [1.82, 2.24) is 4.98 Å². The Hall–Kier alpha value is -3.25. The minimum Gasteiger partial charge on any atom is -0.362 e. The molecule has 0 aliphatic carbocycles. The average molecular weight is 361 g/mol. The van der Waals surface area contributed by atoms with Gasteiger partial charge in [0.1, 0.15) is 0 Å². The van der Waals surface area contributed by atoms with Crippen molar-refractivity contribution in [2.75, 3.05) is 5.32 Å². The Labute approximate surface area is 154 Å². The van der Waals surface area contributed by atoms with E-state index in [2.05, 4.69) is 15.5 Å². The Kier molecular flexibility index (Phi) is 4.57. The summed E-state index contributed by atoms with van der Waals surface area (Å²) in [5.74, 6) is -0.00411. The Bertz CT molecular complexity index is 979. The number of hydrogen-bond acceptors (Lipinski definition) is 4. The molecule has 0 spiro atoms. The van der Waals surface area contributed by atoms with Crippen LogP contribution in [-0.4, -0.2) is 16.8 Å². The Balaban J connectivity index is 1.64. The van der Waals surface area contributed by atoms with E-state index in [1.807, 2.05) is 54.7 Å². The predicted molar refractivity (Wildman–Crippen MR) is 104 cm³/mol. The molecule has 0 saturated heterocycles. The van der Waals surface area contributed by atoms with Crippen molar-refractivity contribution in [3.8, 4) is 0 Å². The lowest BCUT2D eigenvalue weighted by Gasteiger charge is -2.20. The molecule has 0 radical (unpaired) electrons. The molecule has 0 fully saturated rings. The van der Waals surface area contributed by atoms with E-state index < -0.39 is 5.97 Å². The third-order valence-electron chi connectivity index (χ3n) is 3.73. The zero-order valence-corrected chi connectivity index (χ0v) is 14.5. The Morgan fingerprint density at radius 2 is 1.81 bits per heavy atom. The summed E-state index contributed by atoms with van der Waals surface area (Å²) in [5.41, 5.74) is 2.32. The van der Waals surface area contributed by atoms with Gasteiger partial charge < -0.3 is 15.1 Å². The van der Waals surface area contributed by atoms with Crippen molar-refractivity contribution in [3.05, 3.63) is 89.1 Å². The fraction of sp³-hybridized carbons (Fsp3) is 0.